The highest BCUT2D eigenvalue weighted by Crippen LogP contribution is 2.21. The summed E-state index contributed by atoms with van der Waals surface area (Å²) in [6.07, 6.45) is 0. The van der Waals surface area contributed by atoms with E-state index < -0.39 is 0 Å². The Morgan fingerprint density at radius 3 is 2.56 bits per heavy atom. The van der Waals surface area contributed by atoms with E-state index in [0.717, 1.165) is 5.56 Å². The second-order valence-electron chi connectivity index (χ2n) is 3.75. The quantitative estimate of drug-likeness (QED) is 0.867. The molecule has 2 aromatic rings. The van der Waals surface area contributed by atoms with Crippen LogP contribution in [-0.2, 0) is 0 Å². The molecule has 0 spiro atoms. The van der Waals surface area contributed by atoms with E-state index in [2.05, 4.69) is 16.4 Å². The Morgan fingerprint density at radius 1 is 1.06 bits per heavy atom. The average Bonchev–Trinajstić information content (AvgIpc) is 2.39. The molecule has 1 aromatic carbocycles. The summed E-state index contributed by atoms with van der Waals surface area (Å²) in [5.74, 6) is 0.552. The van der Waals surface area contributed by atoms with E-state index in [1.54, 1.807) is 18.2 Å². The molecule has 0 saturated carbocycles. The molecule has 0 bridgehead atoms. The zero-order valence-corrected chi connectivity index (χ0v) is 9.81. The van der Waals surface area contributed by atoms with E-state index in [0.29, 0.717) is 22.8 Å². The first-order valence-corrected chi connectivity index (χ1v) is 5.38. The molecular weight excluding hydrogens is 224 g/mol. The summed E-state index contributed by atoms with van der Waals surface area (Å²) in [7, 11) is 0. The highest BCUT2D eigenvalue weighted by molar-refractivity contribution is 5.66. The number of nitrogens with one attached hydrogen (secondary N) is 1. The number of hydrogen-bond donors (Lipinski definition) is 1. The number of aryl methyl sites for hydroxylation is 1. The van der Waals surface area contributed by atoms with Crippen molar-refractivity contribution in [1.82, 2.24) is 4.98 Å². The lowest BCUT2D eigenvalue weighted by atomic mass is 10.1. The van der Waals surface area contributed by atoms with Crippen molar-refractivity contribution >= 4 is 11.5 Å². The SMILES string of the molecule is Cc1cccc(Nc2cccc(C#N)n2)c1C#N. The number of hydrogen-bond acceptors (Lipinski definition) is 4. The molecule has 1 N–H and O–H groups in total. The maximum absolute atomic E-state index is 9.12. The van der Waals surface area contributed by atoms with Gasteiger partial charge in [0.05, 0.1) is 11.3 Å². The van der Waals surface area contributed by atoms with Crippen molar-refractivity contribution in [3.8, 4) is 12.1 Å². The number of nitrogens with zero attached hydrogens (tertiary/aromatic N) is 3. The molecule has 4 nitrogen and oxygen atoms in total. The van der Waals surface area contributed by atoms with Gasteiger partial charge >= 0.3 is 0 Å². The van der Waals surface area contributed by atoms with E-state index >= 15 is 0 Å². The number of nitriles is 2. The van der Waals surface area contributed by atoms with Gasteiger partial charge in [0, 0.05) is 0 Å². The molecule has 0 radical (unpaired) electrons. The van der Waals surface area contributed by atoms with Gasteiger partial charge in [0.1, 0.15) is 23.7 Å². The predicted octanol–water partition coefficient (Wildman–Crippen LogP) is 2.88. The monoisotopic (exact) mass is 234 g/mol. The fraction of sp³-hybridized carbons (Fsp3) is 0.0714. The van der Waals surface area contributed by atoms with Crippen LogP contribution in [0.1, 0.15) is 16.8 Å². The molecule has 0 atom stereocenters. The molecule has 0 fully saturated rings. The summed E-state index contributed by atoms with van der Waals surface area (Å²) in [6.45, 7) is 1.88. The van der Waals surface area contributed by atoms with Crippen LogP contribution >= 0.6 is 0 Å². The Bertz CT molecular complexity index is 662. The van der Waals surface area contributed by atoms with Crippen LogP contribution in [0.2, 0.25) is 0 Å². The van der Waals surface area contributed by atoms with Gasteiger partial charge in [0.15, 0.2) is 0 Å². The minimum Gasteiger partial charge on any atom is -0.339 e. The maximum Gasteiger partial charge on any atom is 0.142 e. The van der Waals surface area contributed by atoms with Gasteiger partial charge in [-0.25, -0.2) is 4.98 Å². The van der Waals surface area contributed by atoms with Crippen LogP contribution in [0.15, 0.2) is 36.4 Å². The lowest BCUT2D eigenvalue weighted by Gasteiger charge is -2.08. The van der Waals surface area contributed by atoms with Gasteiger partial charge in [0.2, 0.25) is 0 Å². The summed E-state index contributed by atoms with van der Waals surface area (Å²) in [5.41, 5.74) is 2.52. The highest BCUT2D eigenvalue weighted by Gasteiger charge is 2.05. The lowest BCUT2D eigenvalue weighted by molar-refractivity contribution is 1.25. The molecule has 0 unspecified atom stereocenters. The van der Waals surface area contributed by atoms with Crippen molar-refractivity contribution in [2.24, 2.45) is 0 Å². The van der Waals surface area contributed by atoms with Gasteiger partial charge in [-0.2, -0.15) is 10.5 Å². The first kappa shape index (κ1) is 11.6. The molecule has 0 aliphatic heterocycles. The van der Waals surface area contributed by atoms with Crippen molar-refractivity contribution < 1.29 is 0 Å². The van der Waals surface area contributed by atoms with E-state index in [4.69, 9.17) is 10.5 Å². The molecule has 0 saturated heterocycles. The molecule has 0 amide bonds. The third-order valence-electron chi connectivity index (χ3n) is 2.51. The summed E-state index contributed by atoms with van der Waals surface area (Å²) < 4.78 is 0. The van der Waals surface area contributed by atoms with E-state index in [1.807, 2.05) is 31.2 Å². The Labute approximate surface area is 105 Å². The van der Waals surface area contributed by atoms with E-state index in [-0.39, 0.29) is 0 Å². The molecule has 4 heteroatoms. The second kappa shape index (κ2) is 4.99. The summed E-state index contributed by atoms with van der Waals surface area (Å²) >= 11 is 0. The molecule has 1 heterocycles. The van der Waals surface area contributed by atoms with Crippen LogP contribution < -0.4 is 5.32 Å². The number of rotatable bonds is 2. The number of pyridine rings is 1. The smallest absolute Gasteiger partial charge is 0.142 e. The van der Waals surface area contributed by atoms with Gasteiger partial charge in [-0.05, 0) is 30.7 Å². The van der Waals surface area contributed by atoms with Crippen molar-refractivity contribution in [2.45, 2.75) is 6.92 Å². The predicted molar refractivity (Wildman–Crippen MR) is 68.1 cm³/mol. The Kier molecular flexibility index (Phi) is 3.22. The Hall–Kier alpha value is -2.85. The van der Waals surface area contributed by atoms with Crippen LogP contribution in [-0.4, -0.2) is 4.98 Å². The fourth-order valence-electron chi connectivity index (χ4n) is 1.62. The third kappa shape index (κ3) is 2.28. The number of anilines is 2. The Morgan fingerprint density at radius 2 is 1.83 bits per heavy atom. The van der Waals surface area contributed by atoms with Crippen LogP contribution in [0.3, 0.4) is 0 Å². The average molecular weight is 234 g/mol. The number of benzene rings is 1. The third-order valence-corrected chi connectivity index (χ3v) is 2.51. The minimum atomic E-state index is 0.339. The highest BCUT2D eigenvalue weighted by atomic mass is 15.0. The van der Waals surface area contributed by atoms with Crippen molar-refractivity contribution in [2.75, 3.05) is 5.32 Å². The molecule has 2 rings (SSSR count). The van der Waals surface area contributed by atoms with E-state index in [1.165, 1.54) is 0 Å². The molecule has 18 heavy (non-hydrogen) atoms. The molecule has 86 valence electrons. The summed E-state index contributed by atoms with van der Waals surface area (Å²) in [4.78, 5) is 4.11. The minimum absolute atomic E-state index is 0.339. The van der Waals surface area contributed by atoms with Gasteiger partial charge in [0.25, 0.3) is 0 Å². The van der Waals surface area contributed by atoms with Gasteiger partial charge < -0.3 is 5.32 Å². The van der Waals surface area contributed by atoms with Crippen molar-refractivity contribution in [3.05, 3.63) is 53.2 Å². The second-order valence-corrected chi connectivity index (χ2v) is 3.75. The van der Waals surface area contributed by atoms with Gasteiger partial charge in [-0.1, -0.05) is 18.2 Å². The van der Waals surface area contributed by atoms with Gasteiger partial charge in [-0.3, -0.25) is 0 Å². The van der Waals surface area contributed by atoms with Crippen LogP contribution in [0, 0.1) is 29.6 Å². The fourth-order valence-corrected chi connectivity index (χ4v) is 1.62. The van der Waals surface area contributed by atoms with Crippen molar-refractivity contribution in [1.29, 1.82) is 10.5 Å². The molecule has 1 aromatic heterocycles. The van der Waals surface area contributed by atoms with Gasteiger partial charge in [-0.15, -0.1) is 0 Å². The van der Waals surface area contributed by atoms with Crippen molar-refractivity contribution in [3.63, 3.8) is 0 Å². The van der Waals surface area contributed by atoms with Crippen LogP contribution in [0.25, 0.3) is 0 Å². The summed E-state index contributed by atoms with van der Waals surface area (Å²) in [6, 6.07) is 14.8. The first-order valence-electron chi connectivity index (χ1n) is 5.38. The maximum atomic E-state index is 9.12. The standard InChI is InChI=1S/C14H10N4/c1-10-4-2-6-13(12(10)9-16)18-14-7-3-5-11(8-15)17-14/h2-7H,1H3,(H,17,18). The normalized spacial score (nSPS) is 9.28. The Balaban J connectivity index is 2.38. The van der Waals surface area contributed by atoms with Crippen LogP contribution in [0.5, 0.6) is 0 Å². The number of aromatic nitrogens is 1. The molecule has 0 aliphatic rings. The largest absolute Gasteiger partial charge is 0.339 e. The lowest BCUT2D eigenvalue weighted by Crippen LogP contribution is -1.98. The molecule has 0 aliphatic carbocycles. The van der Waals surface area contributed by atoms with Crippen LogP contribution in [0.4, 0.5) is 11.5 Å². The topological polar surface area (TPSA) is 72.5 Å². The zero-order valence-electron chi connectivity index (χ0n) is 9.81. The zero-order chi connectivity index (χ0) is 13.0. The van der Waals surface area contributed by atoms with E-state index in [9.17, 15) is 0 Å². The summed E-state index contributed by atoms with van der Waals surface area (Å²) in [5, 5.41) is 20.9. The molecular formula is C14H10N4. The first-order chi connectivity index (χ1) is 8.74.